The van der Waals surface area contributed by atoms with E-state index in [0.717, 1.165) is 18.9 Å². The minimum absolute atomic E-state index is 0.0327. The first-order valence-corrected chi connectivity index (χ1v) is 11.6. The smallest absolute Gasteiger partial charge is 0.424 e. The van der Waals surface area contributed by atoms with Gasteiger partial charge in [0.15, 0.2) is 0 Å². The molecule has 1 saturated carbocycles. The molecule has 35 heavy (non-hydrogen) atoms. The van der Waals surface area contributed by atoms with Crippen LogP contribution in [0.5, 0.6) is 11.8 Å². The average Bonchev–Trinajstić information content (AvgIpc) is 3.29. The fourth-order valence-corrected chi connectivity index (χ4v) is 5.00. The molecule has 1 aliphatic carbocycles. The molecule has 1 unspecified atom stereocenters. The van der Waals surface area contributed by atoms with Crippen molar-refractivity contribution in [3.8, 4) is 11.8 Å². The van der Waals surface area contributed by atoms with Crippen LogP contribution in [-0.2, 0) is 6.18 Å². The maximum atomic E-state index is 13.6. The van der Waals surface area contributed by atoms with Gasteiger partial charge in [-0.1, -0.05) is 6.07 Å². The number of hydrogen-bond donors (Lipinski definition) is 1. The Morgan fingerprint density at radius 1 is 1.09 bits per heavy atom. The van der Waals surface area contributed by atoms with Gasteiger partial charge in [0.25, 0.3) is 0 Å². The molecule has 3 heterocycles. The standard InChI is InChI=1S/C24H26F4N6O/c1-14(2)34-23(35-19-5-3-4-17(25)10-19)31-22(32-34)30-21-15-6-7-16(21)13-33(12-15)18-8-9-29-20(11-18)24(26,27)28/h3-5,8-11,14-16,21H,6-7,12-13H2,1-2H3,(H,30,32)/t15-,16+,21?. The first-order valence-electron chi connectivity index (χ1n) is 11.6. The molecule has 2 fully saturated rings. The van der Waals surface area contributed by atoms with Crippen LogP contribution < -0.4 is 15.0 Å². The third-order valence-electron chi connectivity index (χ3n) is 6.62. The van der Waals surface area contributed by atoms with Crippen molar-refractivity contribution >= 4 is 11.6 Å². The minimum Gasteiger partial charge on any atom is -0.424 e. The van der Waals surface area contributed by atoms with E-state index < -0.39 is 17.7 Å². The Labute approximate surface area is 200 Å². The summed E-state index contributed by atoms with van der Waals surface area (Å²) in [5.41, 5.74) is -0.340. The van der Waals surface area contributed by atoms with Gasteiger partial charge in [-0.2, -0.15) is 18.2 Å². The van der Waals surface area contributed by atoms with Crippen LogP contribution in [-0.4, -0.2) is 38.9 Å². The molecule has 186 valence electrons. The first-order chi connectivity index (χ1) is 16.7. The highest BCUT2D eigenvalue weighted by atomic mass is 19.4. The van der Waals surface area contributed by atoms with Crippen LogP contribution >= 0.6 is 0 Å². The molecule has 1 saturated heterocycles. The van der Waals surface area contributed by atoms with Gasteiger partial charge < -0.3 is 15.0 Å². The number of alkyl halides is 3. The number of ether oxygens (including phenoxy) is 1. The van der Waals surface area contributed by atoms with Gasteiger partial charge in [-0.05, 0) is 62.8 Å². The predicted octanol–water partition coefficient (Wildman–Crippen LogP) is 5.53. The van der Waals surface area contributed by atoms with Crippen molar-refractivity contribution in [3.63, 3.8) is 0 Å². The number of benzene rings is 1. The van der Waals surface area contributed by atoms with E-state index in [1.54, 1.807) is 22.9 Å². The number of nitrogens with one attached hydrogen (secondary N) is 1. The molecule has 0 spiro atoms. The molecule has 1 N–H and O–H groups in total. The van der Waals surface area contributed by atoms with Crippen molar-refractivity contribution in [2.75, 3.05) is 23.3 Å². The lowest BCUT2D eigenvalue weighted by atomic mass is 9.92. The summed E-state index contributed by atoms with van der Waals surface area (Å²) in [7, 11) is 0. The molecule has 3 aromatic rings. The number of piperidine rings is 1. The second kappa shape index (κ2) is 9.01. The van der Waals surface area contributed by atoms with Gasteiger partial charge >= 0.3 is 12.2 Å². The number of rotatable bonds is 6. The fraction of sp³-hybridized carbons (Fsp3) is 0.458. The average molecular weight is 491 g/mol. The van der Waals surface area contributed by atoms with Gasteiger partial charge in [0.2, 0.25) is 5.95 Å². The summed E-state index contributed by atoms with van der Waals surface area (Å²) in [5.74, 6) is 0.805. The SMILES string of the molecule is CC(C)n1nc(NC2[C@@H]3CC[C@H]2CN(c2ccnc(C(F)(F)F)c2)C3)nc1Oc1cccc(F)c1. The van der Waals surface area contributed by atoms with Crippen LogP contribution in [0.2, 0.25) is 0 Å². The third kappa shape index (κ3) is 4.89. The minimum atomic E-state index is -4.47. The van der Waals surface area contributed by atoms with Crippen molar-refractivity contribution in [1.82, 2.24) is 19.7 Å². The predicted molar refractivity (Wildman–Crippen MR) is 122 cm³/mol. The summed E-state index contributed by atoms with van der Waals surface area (Å²) in [4.78, 5) is 10.00. The van der Waals surface area contributed by atoms with Gasteiger partial charge in [0, 0.05) is 37.1 Å². The van der Waals surface area contributed by atoms with Crippen LogP contribution in [0.3, 0.4) is 0 Å². The summed E-state index contributed by atoms with van der Waals surface area (Å²) in [5, 5.41) is 8.01. The quantitative estimate of drug-likeness (QED) is 0.458. The highest BCUT2D eigenvalue weighted by molar-refractivity contribution is 5.49. The Bertz CT molecular complexity index is 1180. The van der Waals surface area contributed by atoms with Crippen molar-refractivity contribution < 1.29 is 22.3 Å². The molecule has 2 aromatic heterocycles. The second-order valence-corrected chi connectivity index (χ2v) is 9.39. The third-order valence-corrected chi connectivity index (χ3v) is 6.62. The van der Waals surface area contributed by atoms with E-state index in [1.807, 2.05) is 18.7 Å². The molecule has 0 amide bonds. The van der Waals surface area contributed by atoms with E-state index in [-0.39, 0.29) is 29.9 Å². The zero-order valence-corrected chi connectivity index (χ0v) is 19.3. The van der Waals surface area contributed by atoms with E-state index in [0.29, 0.717) is 30.5 Å². The normalized spacial score (nSPS) is 22.0. The number of halogens is 4. The molecule has 3 atom stereocenters. The van der Waals surface area contributed by atoms with Gasteiger partial charge in [0.1, 0.15) is 17.3 Å². The lowest BCUT2D eigenvalue weighted by Gasteiger charge is -2.39. The number of anilines is 2. The lowest BCUT2D eigenvalue weighted by molar-refractivity contribution is -0.141. The Balaban J connectivity index is 1.31. The van der Waals surface area contributed by atoms with Crippen molar-refractivity contribution in [2.45, 2.75) is 44.9 Å². The Kier molecular flexibility index (Phi) is 6.02. The van der Waals surface area contributed by atoms with Gasteiger partial charge in [-0.15, -0.1) is 5.10 Å². The van der Waals surface area contributed by atoms with Crippen LogP contribution in [0.1, 0.15) is 38.4 Å². The van der Waals surface area contributed by atoms with Crippen LogP contribution in [0.4, 0.5) is 29.2 Å². The Hall–Kier alpha value is -3.37. The number of nitrogens with zero attached hydrogens (tertiary/aromatic N) is 5. The van der Waals surface area contributed by atoms with Gasteiger partial charge in [-0.25, -0.2) is 9.07 Å². The number of aromatic nitrogens is 4. The highest BCUT2D eigenvalue weighted by Gasteiger charge is 2.43. The summed E-state index contributed by atoms with van der Waals surface area (Å²) in [6, 6.07) is 8.90. The van der Waals surface area contributed by atoms with Crippen LogP contribution in [0.25, 0.3) is 0 Å². The van der Waals surface area contributed by atoms with Gasteiger partial charge in [0.05, 0.1) is 6.04 Å². The maximum absolute atomic E-state index is 13.6. The Morgan fingerprint density at radius 3 is 2.49 bits per heavy atom. The molecule has 2 bridgehead atoms. The van der Waals surface area contributed by atoms with Crippen molar-refractivity contribution in [2.24, 2.45) is 11.8 Å². The molecule has 5 rings (SSSR count). The van der Waals surface area contributed by atoms with E-state index in [1.165, 1.54) is 18.3 Å². The molecular formula is C24H26F4N6O. The topological polar surface area (TPSA) is 68.1 Å². The summed E-state index contributed by atoms with van der Waals surface area (Å²) >= 11 is 0. The van der Waals surface area contributed by atoms with Gasteiger partial charge in [-0.3, -0.25) is 4.98 Å². The van der Waals surface area contributed by atoms with E-state index in [2.05, 4.69) is 20.4 Å². The van der Waals surface area contributed by atoms with E-state index >= 15 is 0 Å². The largest absolute Gasteiger partial charge is 0.433 e. The van der Waals surface area contributed by atoms with Crippen LogP contribution in [0, 0.1) is 17.7 Å². The van der Waals surface area contributed by atoms with E-state index in [9.17, 15) is 17.6 Å². The highest BCUT2D eigenvalue weighted by Crippen LogP contribution is 2.41. The first kappa shape index (κ1) is 23.4. The van der Waals surface area contributed by atoms with Crippen LogP contribution in [0.15, 0.2) is 42.6 Å². The molecule has 1 aromatic carbocycles. The molecule has 2 aliphatic rings. The zero-order chi connectivity index (χ0) is 24.7. The summed E-state index contributed by atoms with van der Waals surface area (Å²) < 4.78 is 60.4. The number of hydrogen-bond acceptors (Lipinski definition) is 6. The number of fused-ring (bicyclic) bond motifs is 2. The molecule has 11 heteroatoms. The monoisotopic (exact) mass is 490 g/mol. The molecule has 0 radical (unpaired) electrons. The maximum Gasteiger partial charge on any atom is 0.433 e. The van der Waals surface area contributed by atoms with E-state index in [4.69, 9.17) is 4.74 Å². The number of pyridine rings is 1. The van der Waals surface area contributed by atoms with Crippen molar-refractivity contribution in [1.29, 1.82) is 0 Å². The fourth-order valence-electron chi connectivity index (χ4n) is 5.00. The summed E-state index contributed by atoms with van der Waals surface area (Å²) in [6.45, 7) is 5.16. The summed E-state index contributed by atoms with van der Waals surface area (Å²) in [6.07, 6.45) is -1.32. The molecule has 1 aliphatic heterocycles. The molecule has 7 nitrogen and oxygen atoms in total. The van der Waals surface area contributed by atoms with Crippen molar-refractivity contribution in [3.05, 3.63) is 54.1 Å². The molecular weight excluding hydrogens is 464 g/mol. The second-order valence-electron chi connectivity index (χ2n) is 9.39. The Morgan fingerprint density at radius 2 is 1.83 bits per heavy atom. The zero-order valence-electron chi connectivity index (χ0n) is 19.3. The lowest BCUT2D eigenvalue weighted by Crippen LogP contribution is -2.48.